The Hall–Kier alpha value is -1.37. The summed E-state index contributed by atoms with van der Waals surface area (Å²) in [4.78, 5) is 31.9. The Labute approximate surface area is 118 Å². The molecule has 0 aromatic carbocycles. The maximum atomic E-state index is 11.6. The van der Waals surface area contributed by atoms with E-state index in [4.69, 9.17) is 0 Å². The zero-order valence-electron chi connectivity index (χ0n) is 10.4. The molecule has 1 aromatic rings. The van der Waals surface area contributed by atoms with E-state index >= 15 is 0 Å². The Bertz CT molecular complexity index is 559. The van der Waals surface area contributed by atoms with E-state index in [0.29, 0.717) is 22.6 Å². The molecule has 2 atom stereocenters. The maximum Gasteiger partial charge on any atom is 0.267 e. The van der Waals surface area contributed by atoms with Gasteiger partial charge in [-0.1, -0.05) is 0 Å². The molecular weight excluding hydrogens is 312 g/mol. The van der Waals surface area contributed by atoms with Crippen molar-refractivity contribution in [1.82, 2.24) is 15.3 Å². The van der Waals surface area contributed by atoms with Gasteiger partial charge >= 0.3 is 0 Å². The molecule has 3 heterocycles. The van der Waals surface area contributed by atoms with Crippen LogP contribution in [0.1, 0.15) is 19.3 Å². The highest BCUT2D eigenvalue weighted by molar-refractivity contribution is 9.10. The summed E-state index contributed by atoms with van der Waals surface area (Å²) < 4.78 is 0.480. The summed E-state index contributed by atoms with van der Waals surface area (Å²) in [7, 11) is 0. The molecule has 2 fully saturated rings. The first-order valence-corrected chi connectivity index (χ1v) is 7.22. The van der Waals surface area contributed by atoms with Crippen LogP contribution in [0, 0.1) is 5.92 Å². The number of hydrogen-bond donors (Lipinski definition) is 2. The Kier molecular flexibility index (Phi) is 3.30. The first-order valence-electron chi connectivity index (χ1n) is 6.42. The number of aromatic nitrogens is 2. The Morgan fingerprint density at radius 3 is 3.05 bits per heavy atom. The van der Waals surface area contributed by atoms with E-state index in [0.717, 1.165) is 25.9 Å². The van der Waals surface area contributed by atoms with Crippen LogP contribution >= 0.6 is 15.9 Å². The third kappa shape index (κ3) is 2.39. The predicted molar refractivity (Wildman–Crippen MR) is 74.0 cm³/mol. The van der Waals surface area contributed by atoms with Crippen molar-refractivity contribution in [1.29, 1.82) is 0 Å². The van der Waals surface area contributed by atoms with Gasteiger partial charge in [-0.3, -0.25) is 9.59 Å². The average Bonchev–Trinajstić information content (AvgIpc) is 2.41. The van der Waals surface area contributed by atoms with E-state index in [2.05, 4.69) is 36.1 Å². The van der Waals surface area contributed by atoms with Gasteiger partial charge in [0.25, 0.3) is 5.56 Å². The van der Waals surface area contributed by atoms with Crippen LogP contribution in [-0.4, -0.2) is 35.0 Å². The van der Waals surface area contributed by atoms with Crippen LogP contribution < -0.4 is 15.8 Å². The monoisotopic (exact) mass is 326 g/mol. The minimum absolute atomic E-state index is 0.158. The number of carbonyl (C=O) groups excluding carboxylic acids is 1. The molecule has 2 unspecified atom stereocenters. The molecule has 1 amide bonds. The molecule has 0 aliphatic carbocycles. The number of H-pyrrole nitrogens is 1. The smallest absolute Gasteiger partial charge is 0.267 e. The van der Waals surface area contributed by atoms with Crippen molar-refractivity contribution in [2.75, 3.05) is 18.0 Å². The van der Waals surface area contributed by atoms with Gasteiger partial charge in [-0.05, 0) is 34.7 Å². The van der Waals surface area contributed by atoms with E-state index in [1.165, 1.54) is 6.33 Å². The topological polar surface area (TPSA) is 78.1 Å². The van der Waals surface area contributed by atoms with Gasteiger partial charge in [0.1, 0.15) is 10.3 Å². The van der Waals surface area contributed by atoms with Crippen LogP contribution in [0.25, 0.3) is 0 Å². The number of rotatable bonds is 1. The summed E-state index contributed by atoms with van der Waals surface area (Å²) in [5, 5.41) is 3.05. The molecular formula is C12H15BrN4O2. The molecule has 0 radical (unpaired) electrons. The Morgan fingerprint density at radius 1 is 1.37 bits per heavy atom. The molecule has 0 saturated carbocycles. The molecule has 6 nitrogen and oxygen atoms in total. The highest BCUT2D eigenvalue weighted by Crippen LogP contribution is 2.29. The molecule has 2 saturated heterocycles. The summed E-state index contributed by atoms with van der Waals surface area (Å²) in [6, 6.07) is 0.276. The zero-order valence-corrected chi connectivity index (χ0v) is 11.9. The van der Waals surface area contributed by atoms with Crippen molar-refractivity contribution in [2.24, 2.45) is 5.92 Å². The molecule has 0 spiro atoms. The van der Waals surface area contributed by atoms with E-state index < -0.39 is 0 Å². The number of amides is 1. The highest BCUT2D eigenvalue weighted by atomic mass is 79.9. The maximum absolute atomic E-state index is 11.6. The number of nitrogens with zero attached hydrogens (tertiary/aromatic N) is 2. The van der Waals surface area contributed by atoms with Crippen LogP contribution in [0.5, 0.6) is 0 Å². The number of anilines is 1. The Balaban J connectivity index is 1.80. The van der Waals surface area contributed by atoms with E-state index in [9.17, 15) is 9.59 Å². The van der Waals surface area contributed by atoms with Gasteiger partial charge in [0, 0.05) is 25.6 Å². The lowest BCUT2D eigenvalue weighted by Crippen LogP contribution is -2.54. The third-order valence-corrected chi connectivity index (χ3v) is 4.61. The lowest BCUT2D eigenvalue weighted by molar-refractivity contribution is -0.124. The van der Waals surface area contributed by atoms with Crippen molar-refractivity contribution in [3.8, 4) is 0 Å². The molecule has 1 aromatic heterocycles. The number of halogens is 1. The summed E-state index contributed by atoms with van der Waals surface area (Å²) >= 11 is 3.30. The number of hydrogen-bond acceptors (Lipinski definition) is 4. The number of aromatic amines is 1. The van der Waals surface area contributed by atoms with Crippen molar-refractivity contribution < 1.29 is 4.79 Å². The average molecular weight is 327 g/mol. The minimum Gasteiger partial charge on any atom is -0.355 e. The molecule has 19 heavy (non-hydrogen) atoms. The molecule has 2 aliphatic rings. The quantitative estimate of drug-likeness (QED) is 0.793. The van der Waals surface area contributed by atoms with Crippen molar-refractivity contribution in [3.05, 3.63) is 21.2 Å². The summed E-state index contributed by atoms with van der Waals surface area (Å²) in [6.07, 6.45) is 3.83. The number of carbonyl (C=O) groups is 1. The second-order valence-electron chi connectivity index (χ2n) is 5.08. The number of fused-ring (bicyclic) bond motifs is 1. The van der Waals surface area contributed by atoms with E-state index in [1.54, 1.807) is 0 Å². The largest absolute Gasteiger partial charge is 0.355 e. The Morgan fingerprint density at radius 2 is 2.21 bits per heavy atom. The van der Waals surface area contributed by atoms with Gasteiger partial charge in [-0.2, -0.15) is 0 Å². The lowest BCUT2D eigenvalue weighted by Gasteiger charge is -2.41. The number of piperidine rings is 2. The van der Waals surface area contributed by atoms with Crippen LogP contribution in [0.3, 0.4) is 0 Å². The van der Waals surface area contributed by atoms with Crippen molar-refractivity contribution in [3.63, 3.8) is 0 Å². The molecule has 2 N–H and O–H groups in total. The fourth-order valence-electron chi connectivity index (χ4n) is 2.90. The van der Waals surface area contributed by atoms with Gasteiger partial charge < -0.3 is 15.2 Å². The van der Waals surface area contributed by atoms with Gasteiger partial charge in [0.15, 0.2) is 0 Å². The van der Waals surface area contributed by atoms with Gasteiger partial charge in [0.2, 0.25) is 5.91 Å². The third-order valence-electron chi connectivity index (χ3n) is 3.90. The molecule has 102 valence electrons. The molecule has 2 aliphatic heterocycles. The van der Waals surface area contributed by atoms with E-state index in [1.807, 2.05) is 0 Å². The minimum atomic E-state index is -0.163. The summed E-state index contributed by atoms with van der Waals surface area (Å²) in [5.41, 5.74) is -0.163. The van der Waals surface area contributed by atoms with Crippen LogP contribution in [0.15, 0.2) is 15.6 Å². The van der Waals surface area contributed by atoms with Crippen LogP contribution in [-0.2, 0) is 4.79 Å². The SMILES string of the molecule is O=C1CCC2CN(c3nc[nH]c(=O)c3Br)CCC2N1. The second kappa shape index (κ2) is 4.96. The van der Waals surface area contributed by atoms with Crippen molar-refractivity contribution in [2.45, 2.75) is 25.3 Å². The standard InChI is InChI=1S/C12H15BrN4O2/c13-10-11(14-6-15-12(10)19)17-4-3-8-7(5-17)1-2-9(18)16-8/h6-8H,1-5H2,(H,16,18)(H,14,15,19). The summed E-state index contributed by atoms with van der Waals surface area (Å²) in [6.45, 7) is 1.64. The van der Waals surface area contributed by atoms with Gasteiger partial charge in [0.05, 0.1) is 6.33 Å². The van der Waals surface area contributed by atoms with E-state index in [-0.39, 0.29) is 17.5 Å². The molecule has 0 bridgehead atoms. The first-order chi connectivity index (χ1) is 9.15. The van der Waals surface area contributed by atoms with Crippen LogP contribution in [0.4, 0.5) is 5.82 Å². The molecule has 7 heteroatoms. The van der Waals surface area contributed by atoms with Gasteiger partial charge in [-0.25, -0.2) is 4.98 Å². The highest BCUT2D eigenvalue weighted by Gasteiger charge is 2.34. The summed E-state index contributed by atoms with van der Waals surface area (Å²) in [5.74, 6) is 1.30. The lowest BCUT2D eigenvalue weighted by atomic mass is 9.85. The fraction of sp³-hybridized carbons (Fsp3) is 0.583. The number of nitrogens with one attached hydrogen (secondary N) is 2. The van der Waals surface area contributed by atoms with Crippen molar-refractivity contribution >= 4 is 27.7 Å². The molecule has 3 rings (SSSR count). The van der Waals surface area contributed by atoms with Crippen LogP contribution in [0.2, 0.25) is 0 Å². The van der Waals surface area contributed by atoms with Gasteiger partial charge in [-0.15, -0.1) is 0 Å². The second-order valence-corrected chi connectivity index (χ2v) is 5.87. The predicted octanol–water partition coefficient (Wildman–Crippen LogP) is 0.637. The normalized spacial score (nSPS) is 26.8. The fourth-order valence-corrected chi connectivity index (χ4v) is 3.36. The zero-order chi connectivity index (χ0) is 13.4. The first kappa shape index (κ1) is 12.7.